The van der Waals surface area contributed by atoms with Crippen LogP contribution in [0.15, 0.2) is 54.6 Å². The number of para-hydroxylation sites is 1. The zero-order valence-corrected chi connectivity index (χ0v) is 20.2. The summed E-state index contributed by atoms with van der Waals surface area (Å²) in [4.78, 5) is 27.0. The van der Waals surface area contributed by atoms with Crippen LogP contribution in [0.2, 0.25) is 5.02 Å². The predicted octanol–water partition coefficient (Wildman–Crippen LogP) is 4.69. The second-order valence-corrected chi connectivity index (χ2v) is 8.97. The number of benzene rings is 2. The molecule has 1 saturated heterocycles. The minimum absolute atomic E-state index is 0.0314. The number of aryl methyl sites for hydroxylation is 2. The molecule has 3 heterocycles. The summed E-state index contributed by atoms with van der Waals surface area (Å²) in [6.45, 7) is 6.80. The van der Waals surface area contributed by atoms with Gasteiger partial charge in [0.25, 0.3) is 5.91 Å². The molecule has 4 aromatic rings. The molecule has 174 valence electrons. The number of rotatable bonds is 5. The molecule has 0 atom stereocenters. The monoisotopic (exact) mass is 474 g/mol. The summed E-state index contributed by atoms with van der Waals surface area (Å²) < 4.78 is 1.91. The fourth-order valence-corrected chi connectivity index (χ4v) is 4.54. The summed E-state index contributed by atoms with van der Waals surface area (Å²) in [5, 5.41) is 6.42. The highest BCUT2D eigenvalue weighted by atomic mass is 35.5. The lowest BCUT2D eigenvalue weighted by molar-refractivity contribution is 0.0746. The van der Waals surface area contributed by atoms with E-state index < -0.39 is 0 Å². The molecule has 2 aromatic carbocycles. The Labute approximate surface area is 204 Å². The van der Waals surface area contributed by atoms with Crippen molar-refractivity contribution in [1.82, 2.24) is 24.6 Å². The van der Waals surface area contributed by atoms with Crippen molar-refractivity contribution in [2.45, 2.75) is 26.7 Å². The van der Waals surface area contributed by atoms with Crippen LogP contribution in [0.5, 0.6) is 0 Å². The summed E-state index contributed by atoms with van der Waals surface area (Å²) >= 11 is 5.98. The van der Waals surface area contributed by atoms with Gasteiger partial charge in [-0.3, -0.25) is 4.79 Å². The maximum atomic E-state index is 12.9. The summed E-state index contributed by atoms with van der Waals surface area (Å²) in [5.74, 6) is 1.76. The Morgan fingerprint density at radius 1 is 0.971 bits per heavy atom. The van der Waals surface area contributed by atoms with Crippen LogP contribution in [-0.4, -0.2) is 56.7 Å². The highest BCUT2D eigenvalue weighted by Gasteiger charge is 2.26. The lowest BCUT2D eigenvalue weighted by Crippen LogP contribution is -2.49. The molecule has 1 aliphatic rings. The van der Waals surface area contributed by atoms with Crippen molar-refractivity contribution in [2.24, 2.45) is 0 Å². The first-order valence-electron chi connectivity index (χ1n) is 11.7. The Balaban J connectivity index is 1.46. The van der Waals surface area contributed by atoms with Crippen molar-refractivity contribution in [3.63, 3.8) is 0 Å². The number of halogens is 1. The summed E-state index contributed by atoms with van der Waals surface area (Å²) in [5.41, 5.74) is 3.37. The van der Waals surface area contributed by atoms with Gasteiger partial charge in [-0.2, -0.15) is 5.10 Å². The van der Waals surface area contributed by atoms with Crippen LogP contribution < -0.4 is 4.90 Å². The molecule has 2 aromatic heterocycles. The van der Waals surface area contributed by atoms with Crippen LogP contribution in [0.3, 0.4) is 0 Å². The molecule has 0 spiro atoms. The molecule has 8 heteroatoms. The van der Waals surface area contributed by atoms with Gasteiger partial charge in [0.15, 0.2) is 5.65 Å². The van der Waals surface area contributed by atoms with Crippen LogP contribution in [0, 0.1) is 6.92 Å². The SMILES string of the molecule is CCCc1nc(N2CCN(C(=O)c3ccc(Cl)cc3)CC2)c2c(C)nn(-c3ccccc3)c2n1. The van der Waals surface area contributed by atoms with Crippen LogP contribution in [0.4, 0.5) is 5.82 Å². The van der Waals surface area contributed by atoms with Gasteiger partial charge in [0.05, 0.1) is 16.8 Å². The van der Waals surface area contributed by atoms with E-state index in [-0.39, 0.29) is 5.91 Å². The van der Waals surface area contributed by atoms with Gasteiger partial charge in [-0.15, -0.1) is 0 Å². The van der Waals surface area contributed by atoms with Crippen molar-refractivity contribution in [1.29, 1.82) is 0 Å². The minimum Gasteiger partial charge on any atom is -0.352 e. The summed E-state index contributed by atoms with van der Waals surface area (Å²) in [6, 6.07) is 17.1. The van der Waals surface area contributed by atoms with E-state index in [0.29, 0.717) is 36.8 Å². The molecule has 0 N–H and O–H groups in total. The lowest BCUT2D eigenvalue weighted by Gasteiger charge is -2.35. The van der Waals surface area contributed by atoms with Gasteiger partial charge >= 0.3 is 0 Å². The van der Waals surface area contributed by atoms with Gasteiger partial charge in [0.1, 0.15) is 11.6 Å². The van der Waals surface area contributed by atoms with E-state index in [0.717, 1.165) is 46.9 Å². The van der Waals surface area contributed by atoms with Crippen molar-refractivity contribution < 1.29 is 4.79 Å². The molecule has 1 fully saturated rings. The number of carbonyl (C=O) groups excluding carboxylic acids is 1. The van der Waals surface area contributed by atoms with E-state index in [1.807, 2.05) is 46.8 Å². The van der Waals surface area contributed by atoms with E-state index in [4.69, 9.17) is 26.7 Å². The molecule has 1 amide bonds. The third-order valence-electron chi connectivity index (χ3n) is 6.16. The molecule has 0 saturated carbocycles. The number of fused-ring (bicyclic) bond motifs is 1. The Morgan fingerprint density at radius 3 is 2.35 bits per heavy atom. The second-order valence-electron chi connectivity index (χ2n) is 8.53. The number of carbonyl (C=O) groups is 1. The number of nitrogens with zero attached hydrogens (tertiary/aromatic N) is 6. The Kier molecular flexibility index (Phi) is 6.20. The fraction of sp³-hybridized carbons (Fsp3) is 0.308. The highest BCUT2D eigenvalue weighted by molar-refractivity contribution is 6.30. The summed E-state index contributed by atoms with van der Waals surface area (Å²) in [7, 11) is 0. The quantitative estimate of drug-likeness (QED) is 0.419. The van der Waals surface area contributed by atoms with E-state index in [9.17, 15) is 4.79 Å². The van der Waals surface area contributed by atoms with Crippen molar-refractivity contribution in [2.75, 3.05) is 31.1 Å². The first-order valence-corrected chi connectivity index (χ1v) is 12.0. The molecule has 1 aliphatic heterocycles. The molecule has 0 unspecified atom stereocenters. The fourth-order valence-electron chi connectivity index (χ4n) is 4.42. The standard InChI is InChI=1S/C26H27ClN6O/c1-3-7-22-28-24(23-18(2)30-33(25(23)29-22)21-8-5-4-6-9-21)31-14-16-32(17-15-31)26(34)19-10-12-20(27)13-11-19/h4-6,8-13H,3,7,14-17H2,1-2H3. The van der Waals surface area contributed by atoms with Gasteiger partial charge in [0, 0.05) is 43.2 Å². The van der Waals surface area contributed by atoms with E-state index in [1.165, 1.54) is 0 Å². The topological polar surface area (TPSA) is 67.2 Å². The van der Waals surface area contributed by atoms with Crippen molar-refractivity contribution in [3.05, 3.63) is 76.7 Å². The number of piperazine rings is 1. The third kappa shape index (κ3) is 4.23. The molecule has 0 aliphatic carbocycles. The third-order valence-corrected chi connectivity index (χ3v) is 6.41. The largest absolute Gasteiger partial charge is 0.352 e. The molecule has 34 heavy (non-hydrogen) atoms. The summed E-state index contributed by atoms with van der Waals surface area (Å²) in [6.07, 6.45) is 1.77. The van der Waals surface area contributed by atoms with Gasteiger partial charge < -0.3 is 9.80 Å². The van der Waals surface area contributed by atoms with Crippen molar-refractivity contribution >= 4 is 34.4 Å². The van der Waals surface area contributed by atoms with Crippen LogP contribution in [-0.2, 0) is 6.42 Å². The normalized spacial score (nSPS) is 14.1. The average molecular weight is 475 g/mol. The predicted molar refractivity (Wildman–Crippen MR) is 135 cm³/mol. The van der Waals surface area contributed by atoms with Gasteiger partial charge in [-0.25, -0.2) is 14.6 Å². The number of amides is 1. The smallest absolute Gasteiger partial charge is 0.253 e. The first kappa shape index (κ1) is 22.3. The Morgan fingerprint density at radius 2 is 1.68 bits per heavy atom. The molecule has 5 rings (SSSR count). The van der Waals surface area contributed by atoms with Crippen LogP contribution >= 0.6 is 11.6 Å². The lowest BCUT2D eigenvalue weighted by atomic mass is 10.1. The zero-order chi connectivity index (χ0) is 23.7. The van der Waals surface area contributed by atoms with Crippen LogP contribution in [0.1, 0.15) is 35.2 Å². The van der Waals surface area contributed by atoms with E-state index in [2.05, 4.69) is 11.8 Å². The van der Waals surface area contributed by atoms with Gasteiger partial charge in [-0.05, 0) is 49.7 Å². The number of hydrogen-bond acceptors (Lipinski definition) is 5. The zero-order valence-electron chi connectivity index (χ0n) is 19.4. The van der Waals surface area contributed by atoms with Gasteiger partial charge in [0.2, 0.25) is 0 Å². The Hall–Kier alpha value is -3.45. The number of hydrogen-bond donors (Lipinski definition) is 0. The molecular formula is C26H27ClN6O. The number of aromatic nitrogens is 4. The van der Waals surface area contributed by atoms with Crippen LogP contribution in [0.25, 0.3) is 16.7 Å². The maximum Gasteiger partial charge on any atom is 0.253 e. The molecule has 7 nitrogen and oxygen atoms in total. The maximum absolute atomic E-state index is 12.9. The minimum atomic E-state index is 0.0314. The highest BCUT2D eigenvalue weighted by Crippen LogP contribution is 2.30. The van der Waals surface area contributed by atoms with E-state index in [1.54, 1.807) is 24.3 Å². The average Bonchev–Trinajstić information content (AvgIpc) is 3.21. The van der Waals surface area contributed by atoms with Crippen molar-refractivity contribution in [3.8, 4) is 5.69 Å². The molecule has 0 radical (unpaired) electrons. The number of anilines is 1. The first-order chi connectivity index (χ1) is 16.5. The van der Waals surface area contributed by atoms with E-state index >= 15 is 0 Å². The Bertz CT molecular complexity index is 1310. The van der Waals surface area contributed by atoms with Gasteiger partial charge in [-0.1, -0.05) is 36.7 Å². The molecular weight excluding hydrogens is 448 g/mol. The second kappa shape index (κ2) is 9.43. The molecule has 0 bridgehead atoms.